The summed E-state index contributed by atoms with van der Waals surface area (Å²) in [6.45, 7) is 8.02. The molecule has 1 atom stereocenters. The molecule has 0 radical (unpaired) electrons. The first kappa shape index (κ1) is 20.7. The van der Waals surface area contributed by atoms with Crippen LogP contribution in [0, 0.1) is 0 Å². The minimum absolute atomic E-state index is 0.0400. The van der Waals surface area contributed by atoms with Crippen LogP contribution in [0.5, 0.6) is 0 Å². The zero-order valence-corrected chi connectivity index (χ0v) is 17.3. The molecular formula is C23H31N5O. The molecule has 154 valence electrons. The van der Waals surface area contributed by atoms with Crippen molar-refractivity contribution >= 4 is 17.6 Å². The molecule has 2 aromatic carbocycles. The summed E-state index contributed by atoms with van der Waals surface area (Å²) < 4.78 is 0. The third kappa shape index (κ3) is 5.98. The highest BCUT2D eigenvalue weighted by Gasteiger charge is 2.23. The van der Waals surface area contributed by atoms with Crippen molar-refractivity contribution < 1.29 is 4.79 Å². The number of anilines is 1. The van der Waals surface area contributed by atoms with Gasteiger partial charge in [-0.2, -0.15) is 0 Å². The Labute approximate surface area is 173 Å². The number of carbonyl (C=O) groups excluding carboxylic acids is 1. The molecule has 1 aliphatic heterocycles. The number of guanidine groups is 1. The van der Waals surface area contributed by atoms with Crippen LogP contribution in [-0.4, -0.2) is 44.1 Å². The van der Waals surface area contributed by atoms with Crippen molar-refractivity contribution in [3.8, 4) is 0 Å². The topological polar surface area (TPSA) is 68.8 Å². The largest absolute Gasteiger partial charge is 0.369 e. The van der Waals surface area contributed by atoms with Crippen LogP contribution < -0.4 is 20.9 Å². The van der Waals surface area contributed by atoms with E-state index in [-0.39, 0.29) is 5.91 Å². The molecule has 0 saturated carbocycles. The first-order valence-corrected chi connectivity index (χ1v) is 10.4. The van der Waals surface area contributed by atoms with Gasteiger partial charge in [-0.15, -0.1) is 0 Å². The van der Waals surface area contributed by atoms with Crippen molar-refractivity contribution in [1.29, 1.82) is 0 Å². The number of benzene rings is 2. The Morgan fingerprint density at radius 3 is 2.45 bits per heavy atom. The van der Waals surface area contributed by atoms with Crippen molar-refractivity contribution in [3.63, 3.8) is 0 Å². The number of rotatable bonds is 7. The van der Waals surface area contributed by atoms with Crippen LogP contribution in [0.25, 0.3) is 0 Å². The molecule has 1 unspecified atom stereocenters. The third-order valence-electron chi connectivity index (χ3n) is 4.97. The Hall–Kier alpha value is -3.02. The SMILES string of the molecule is CCNC(=O)c1ccc(CN=C(NCC)NC2CCN(c3ccccc3)C2)cc1. The van der Waals surface area contributed by atoms with Crippen LogP contribution in [-0.2, 0) is 6.54 Å². The zero-order valence-electron chi connectivity index (χ0n) is 17.3. The third-order valence-corrected chi connectivity index (χ3v) is 4.97. The van der Waals surface area contributed by atoms with Crippen LogP contribution >= 0.6 is 0 Å². The molecule has 0 aliphatic carbocycles. The molecule has 6 heteroatoms. The number of para-hydroxylation sites is 1. The Bertz CT molecular complexity index is 804. The fraction of sp³-hybridized carbons (Fsp3) is 0.391. The van der Waals surface area contributed by atoms with E-state index in [4.69, 9.17) is 4.99 Å². The summed E-state index contributed by atoms with van der Waals surface area (Å²) in [5, 5.41) is 9.72. The minimum atomic E-state index is -0.0400. The number of amides is 1. The lowest BCUT2D eigenvalue weighted by Gasteiger charge is -2.20. The van der Waals surface area contributed by atoms with E-state index in [1.54, 1.807) is 0 Å². The molecule has 0 spiro atoms. The van der Waals surface area contributed by atoms with Gasteiger partial charge in [0.1, 0.15) is 0 Å². The van der Waals surface area contributed by atoms with E-state index in [0.29, 0.717) is 24.7 Å². The van der Waals surface area contributed by atoms with Gasteiger partial charge >= 0.3 is 0 Å². The normalized spacial score (nSPS) is 16.6. The van der Waals surface area contributed by atoms with Crippen LogP contribution in [0.3, 0.4) is 0 Å². The number of carbonyl (C=O) groups is 1. The molecule has 3 N–H and O–H groups in total. The zero-order chi connectivity index (χ0) is 20.5. The van der Waals surface area contributed by atoms with Gasteiger partial charge in [0.2, 0.25) is 0 Å². The lowest BCUT2D eigenvalue weighted by molar-refractivity contribution is 0.0956. The average Bonchev–Trinajstić information content (AvgIpc) is 3.22. The van der Waals surface area contributed by atoms with Gasteiger partial charge in [0.05, 0.1) is 6.54 Å². The van der Waals surface area contributed by atoms with Crippen molar-refractivity contribution in [1.82, 2.24) is 16.0 Å². The molecule has 0 aromatic heterocycles. The maximum atomic E-state index is 11.9. The highest BCUT2D eigenvalue weighted by Crippen LogP contribution is 2.19. The second kappa shape index (κ2) is 10.5. The highest BCUT2D eigenvalue weighted by molar-refractivity contribution is 5.94. The van der Waals surface area contributed by atoms with Gasteiger partial charge in [0, 0.05) is 43.5 Å². The maximum Gasteiger partial charge on any atom is 0.251 e. The number of hydrogen-bond acceptors (Lipinski definition) is 3. The molecule has 1 saturated heterocycles. The lowest BCUT2D eigenvalue weighted by Crippen LogP contribution is -2.44. The molecule has 1 fully saturated rings. The fourth-order valence-electron chi connectivity index (χ4n) is 3.46. The van der Waals surface area contributed by atoms with Crippen LogP contribution in [0.15, 0.2) is 59.6 Å². The Kier molecular flexibility index (Phi) is 7.50. The maximum absolute atomic E-state index is 11.9. The van der Waals surface area contributed by atoms with E-state index in [2.05, 4.69) is 52.0 Å². The van der Waals surface area contributed by atoms with E-state index in [1.165, 1.54) is 5.69 Å². The fourth-order valence-corrected chi connectivity index (χ4v) is 3.46. The van der Waals surface area contributed by atoms with Crippen molar-refractivity contribution in [2.24, 2.45) is 4.99 Å². The van der Waals surface area contributed by atoms with Gasteiger partial charge in [-0.25, -0.2) is 4.99 Å². The Morgan fingerprint density at radius 1 is 1.03 bits per heavy atom. The summed E-state index contributed by atoms with van der Waals surface area (Å²) in [5.41, 5.74) is 3.02. The smallest absolute Gasteiger partial charge is 0.251 e. The predicted octanol–water partition coefficient (Wildman–Crippen LogP) is 2.77. The molecule has 1 aliphatic rings. The van der Waals surface area contributed by atoms with Crippen molar-refractivity contribution in [3.05, 3.63) is 65.7 Å². The van der Waals surface area contributed by atoms with Gasteiger partial charge in [-0.3, -0.25) is 4.79 Å². The summed E-state index contributed by atoms with van der Waals surface area (Å²) in [6.07, 6.45) is 1.08. The van der Waals surface area contributed by atoms with E-state index in [0.717, 1.165) is 37.6 Å². The lowest BCUT2D eigenvalue weighted by atomic mass is 10.1. The van der Waals surface area contributed by atoms with Gasteiger partial charge in [0.25, 0.3) is 5.91 Å². The van der Waals surface area contributed by atoms with Gasteiger partial charge in [-0.1, -0.05) is 30.3 Å². The second-order valence-electron chi connectivity index (χ2n) is 7.16. The average molecular weight is 394 g/mol. The van der Waals surface area contributed by atoms with Crippen LogP contribution in [0.2, 0.25) is 0 Å². The van der Waals surface area contributed by atoms with Gasteiger partial charge < -0.3 is 20.9 Å². The van der Waals surface area contributed by atoms with Crippen LogP contribution in [0.4, 0.5) is 5.69 Å². The predicted molar refractivity (Wildman–Crippen MR) is 119 cm³/mol. The number of aliphatic imine (C=N–C) groups is 1. The second-order valence-corrected chi connectivity index (χ2v) is 7.16. The van der Waals surface area contributed by atoms with Gasteiger partial charge in [0.15, 0.2) is 5.96 Å². The first-order chi connectivity index (χ1) is 14.2. The molecule has 29 heavy (non-hydrogen) atoms. The van der Waals surface area contributed by atoms with E-state index in [1.807, 2.05) is 37.3 Å². The Morgan fingerprint density at radius 2 is 1.76 bits per heavy atom. The minimum Gasteiger partial charge on any atom is -0.369 e. The van der Waals surface area contributed by atoms with Crippen molar-refractivity contribution in [2.45, 2.75) is 32.9 Å². The summed E-state index contributed by atoms with van der Waals surface area (Å²) in [6, 6.07) is 18.5. The van der Waals surface area contributed by atoms with E-state index in [9.17, 15) is 4.79 Å². The summed E-state index contributed by atoms with van der Waals surface area (Å²) in [5.74, 6) is 0.793. The monoisotopic (exact) mass is 393 g/mol. The summed E-state index contributed by atoms with van der Waals surface area (Å²) in [4.78, 5) is 19.0. The number of hydrogen-bond donors (Lipinski definition) is 3. The van der Waals surface area contributed by atoms with Crippen LogP contribution in [0.1, 0.15) is 36.2 Å². The number of nitrogens with one attached hydrogen (secondary N) is 3. The molecule has 1 heterocycles. The molecule has 0 bridgehead atoms. The molecule has 2 aromatic rings. The summed E-state index contributed by atoms with van der Waals surface area (Å²) >= 11 is 0. The standard InChI is InChI=1S/C23H31N5O/c1-3-24-22(29)19-12-10-18(11-13-19)16-26-23(25-4-2)27-20-14-15-28(17-20)21-8-6-5-7-9-21/h5-13,20H,3-4,14-17H2,1-2H3,(H,24,29)(H2,25,26,27). The molecule has 3 rings (SSSR count). The molecule has 1 amide bonds. The van der Waals surface area contributed by atoms with Crippen molar-refractivity contribution in [2.75, 3.05) is 31.1 Å². The summed E-state index contributed by atoms with van der Waals surface area (Å²) in [7, 11) is 0. The highest BCUT2D eigenvalue weighted by atomic mass is 16.1. The van der Waals surface area contributed by atoms with Gasteiger partial charge in [-0.05, 0) is 50.1 Å². The Balaban J connectivity index is 1.57. The van der Waals surface area contributed by atoms with E-state index >= 15 is 0 Å². The quantitative estimate of drug-likeness (QED) is 0.500. The molecular weight excluding hydrogens is 362 g/mol. The van der Waals surface area contributed by atoms with E-state index < -0.39 is 0 Å². The molecule has 6 nitrogen and oxygen atoms in total. The first-order valence-electron chi connectivity index (χ1n) is 10.4. The number of nitrogens with zero attached hydrogens (tertiary/aromatic N) is 2.